The topological polar surface area (TPSA) is 80.3 Å². The van der Waals surface area contributed by atoms with E-state index in [1.807, 2.05) is 0 Å². The fraction of sp³-hybridized carbons (Fsp3) is 0.0500. The Morgan fingerprint density at radius 3 is 2.61 bits per heavy atom. The lowest BCUT2D eigenvalue weighted by atomic mass is 10.2. The summed E-state index contributed by atoms with van der Waals surface area (Å²) >= 11 is 5.77. The molecule has 1 aromatic heterocycles. The van der Waals surface area contributed by atoms with Crippen LogP contribution in [0.1, 0.15) is 20.7 Å². The van der Waals surface area contributed by atoms with E-state index in [4.69, 9.17) is 11.6 Å². The Labute approximate surface area is 165 Å². The third kappa shape index (κ3) is 4.63. The Hall–Kier alpha value is -3.45. The first-order valence-electron chi connectivity index (χ1n) is 8.14. The molecule has 0 bridgehead atoms. The quantitative estimate of drug-likeness (QED) is 0.610. The number of halogens is 2. The lowest BCUT2D eigenvalue weighted by Crippen LogP contribution is -2.13. The van der Waals surface area contributed by atoms with E-state index in [2.05, 4.69) is 20.4 Å². The first-order valence-corrected chi connectivity index (χ1v) is 8.52. The van der Waals surface area contributed by atoms with Gasteiger partial charge in [0.05, 0.1) is 17.7 Å². The van der Waals surface area contributed by atoms with Crippen molar-refractivity contribution in [2.24, 2.45) is 0 Å². The molecule has 2 aromatic carbocycles. The SMILES string of the molecule is COC(=O)c1cccc(NC(=O)c2ccnc(Nc3ccc(F)c(Cl)c3)c2)c1. The monoisotopic (exact) mass is 399 g/mol. The fourth-order valence-corrected chi connectivity index (χ4v) is 2.59. The number of ether oxygens (including phenoxy) is 1. The van der Waals surface area contributed by atoms with Crippen molar-refractivity contribution in [2.75, 3.05) is 17.7 Å². The molecule has 3 aromatic rings. The largest absolute Gasteiger partial charge is 0.465 e. The van der Waals surface area contributed by atoms with Gasteiger partial charge in [0.1, 0.15) is 11.6 Å². The molecular weight excluding hydrogens is 385 g/mol. The third-order valence-electron chi connectivity index (χ3n) is 3.76. The molecule has 0 spiro atoms. The fourth-order valence-electron chi connectivity index (χ4n) is 2.41. The van der Waals surface area contributed by atoms with E-state index in [0.717, 1.165) is 0 Å². The van der Waals surface area contributed by atoms with Crippen molar-refractivity contribution in [3.05, 3.63) is 82.8 Å². The maximum Gasteiger partial charge on any atom is 0.337 e. The summed E-state index contributed by atoms with van der Waals surface area (Å²) in [5.41, 5.74) is 1.64. The molecule has 0 aliphatic heterocycles. The summed E-state index contributed by atoms with van der Waals surface area (Å²) in [6, 6.07) is 13.6. The molecule has 0 aliphatic carbocycles. The van der Waals surface area contributed by atoms with Crippen LogP contribution >= 0.6 is 11.6 Å². The van der Waals surface area contributed by atoms with Crippen LogP contribution in [0.15, 0.2) is 60.8 Å². The van der Waals surface area contributed by atoms with Crippen LogP contribution in [0.3, 0.4) is 0 Å². The molecule has 142 valence electrons. The van der Waals surface area contributed by atoms with Crippen LogP contribution in [0.4, 0.5) is 21.6 Å². The van der Waals surface area contributed by atoms with Crippen LogP contribution in [-0.2, 0) is 4.74 Å². The Balaban J connectivity index is 1.75. The number of carbonyl (C=O) groups is 2. The van der Waals surface area contributed by atoms with E-state index in [9.17, 15) is 14.0 Å². The summed E-state index contributed by atoms with van der Waals surface area (Å²) in [6.07, 6.45) is 1.47. The summed E-state index contributed by atoms with van der Waals surface area (Å²) in [6.45, 7) is 0. The van der Waals surface area contributed by atoms with Gasteiger partial charge in [0.2, 0.25) is 0 Å². The molecule has 0 radical (unpaired) electrons. The summed E-state index contributed by atoms with van der Waals surface area (Å²) in [5, 5.41) is 5.65. The number of nitrogens with zero attached hydrogens (tertiary/aromatic N) is 1. The summed E-state index contributed by atoms with van der Waals surface area (Å²) < 4.78 is 17.9. The highest BCUT2D eigenvalue weighted by molar-refractivity contribution is 6.31. The van der Waals surface area contributed by atoms with Crippen molar-refractivity contribution in [2.45, 2.75) is 0 Å². The second-order valence-corrected chi connectivity index (χ2v) is 6.12. The molecule has 0 unspecified atom stereocenters. The molecule has 0 atom stereocenters. The van der Waals surface area contributed by atoms with E-state index in [-0.39, 0.29) is 10.9 Å². The van der Waals surface area contributed by atoms with Gasteiger partial charge >= 0.3 is 5.97 Å². The van der Waals surface area contributed by atoms with Crippen molar-refractivity contribution in [1.82, 2.24) is 4.98 Å². The van der Waals surface area contributed by atoms with Gasteiger partial charge in [-0.25, -0.2) is 14.2 Å². The minimum absolute atomic E-state index is 0.0237. The van der Waals surface area contributed by atoms with Crippen LogP contribution in [0.25, 0.3) is 0 Å². The minimum Gasteiger partial charge on any atom is -0.465 e. The Morgan fingerprint density at radius 2 is 1.86 bits per heavy atom. The first-order chi connectivity index (χ1) is 13.5. The molecule has 1 amide bonds. The predicted molar refractivity (Wildman–Crippen MR) is 105 cm³/mol. The highest BCUT2D eigenvalue weighted by Gasteiger charge is 2.11. The number of carbonyl (C=O) groups excluding carboxylic acids is 2. The van der Waals surface area contributed by atoms with Crippen LogP contribution < -0.4 is 10.6 Å². The number of methoxy groups -OCH3 is 1. The predicted octanol–water partition coefficient (Wildman–Crippen LogP) is 4.66. The maximum absolute atomic E-state index is 13.3. The normalized spacial score (nSPS) is 10.2. The van der Waals surface area contributed by atoms with Gasteiger partial charge in [0.25, 0.3) is 5.91 Å². The second kappa shape index (κ2) is 8.49. The van der Waals surface area contributed by atoms with E-state index < -0.39 is 11.8 Å². The number of anilines is 3. The van der Waals surface area contributed by atoms with Gasteiger partial charge in [0.15, 0.2) is 0 Å². The zero-order chi connectivity index (χ0) is 20.1. The number of nitrogens with one attached hydrogen (secondary N) is 2. The highest BCUT2D eigenvalue weighted by Crippen LogP contribution is 2.22. The smallest absolute Gasteiger partial charge is 0.337 e. The number of rotatable bonds is 5. The van der Waals surface area contributed by atoms with Gasteiger partial charge in [-0.15, -0.1) is 0 Å². The summed E-state index contributed by atoms with van der Waals surface area (Å²) in [7, 11) is 1.29. The van der Waals surface area contributed by atoms with Crippen LogP contribution in [0.2, 0.25) is 5.02 Å². The average Bonchev–Trinajstić information content (AvgIpc) is 2.70. The number of amides is 1. The molecule has 28 heavy (non-hydrogen) atoms. The molecule has 2 N–H and O–H groups in total. The van der Waals surface area contributed by atoms with Crippen LogP contribution in [0.5, 0.6) is 0 Å². The van der Waals surface area contributed by atoms with Gasteiger partial charge in [-0.1, -0.05) is 17.7 Å². The maximum atomic E-state index is 13.3. The highest BCUT2D eigenvalue weighted by atomic mass is 35.5. The van der Waals surface area contributed by atoms with E-state index in [1.54, 1.807) is 24.3 Å². The lowest BCUT2D eigenvalue weighted by molar-refractivity contribution is 0.0600. The Bertz CT molecular complexity index is 1040. The van der Waals surface area contributed by atoms with Gasteiger partial charge < -0.3 is 15.4 Å². The van der Waals surface area contributed by atoms with Crippen molar-refractivity contribution in [3.63, 3.8) is 0 Å². The van der Waals surface area contributed by atoms with E-state index in [0.29, 0.717) is 28.3 Å². The molecule has 1 heterocycles. The van der Waals surface area contributed by atoms with Gasteiger partial charge in [-0.05, 0) is 48.5 Å². The molecule has 0 saturated heterocycles. The first kappa shape index (κ1) is 19.3. The molecule has 0 saturated carbocycles. The van der Waals surface area contributed by atoms with Crippen molar-refractivity contribution < 1.29 is 18.7 Å². The molecular formula is C20H15ClFN3O3. The van der Waals surface area contributed by atoms with Gasteiger partial charge in [-0.3, -0.25) is 4.79 Å². The van der Waals surface area contributed by atoms with Gasteiger partial charge in [-0.2, -0.15) is 0 Å². The number of esters is 1. The van der Waals surface area contributed by atoms with E-state index in [1.165, 1.54) is 43.6 Å². The number of hydrogen-bond acceptors (Lipinski definition) is 5. The second-order valence-electron chi connectivity index (χ2n) is 5.71. The summed E-state index contributed by atoms with van der Waals surface area (Å²) in [5.74, 6) is -1.02. The van der Waals surface area contributed by atoms with Crippen molar-refractivity contribution >= 4 is 40.7 Å². The van der Waals surface area contributed by atoms with Crippen LogP contribution in [0, 0.1) is 5.82 Å². The Kier molecular flexibility index (Phi) is 5.86. The lowest BCUT2D eigenvalue weighted by Gasteiger charge is -2.09. The van der Waals surface area contributed by atoms with Crippen molar-refractivity contribution in [1.29, 1.82) is 0 Å². The number of pyridine rings is 1. The van der Waals surface area contributed by atoms with E-state index >= 15 is 0 Å². The third-order valence-corrected chi connectivity index (χ3v) is 4.05. The number of hydrogen-bond donors (Lipinski definition) is 2. The zero-order valence-electron chi connectivity index (χ0n) is 14.7. The summed E-state index contributed by atoms with van der Waals surface area (Å²) in [4.78, 5) is 28.3. The minimum atomic E-state index is -0.525. The average molecular weight is 400 g/mol. The number of benzene rings is 2. The molecule has 3 rings (SSSR count). The molecule has 0 aliphatic rings. The molecule has 8 heteroatoms. The zero-order valence-corrected chi connectivity index (χ0v) is 15.5. The van der Waals surface area contributed by atoms with Crippen molar-refractivity contribution in [3.8, 4) is 0 Å². The van der Waals surface area contributed by atoms with Gasteiger partial charge in [0, 0.05) is 23.1 Å². The molecule has 6 nitrogen and oxygen atoms in total. The number of aromatic nitrogens is 1. The Morgan fingerprint density at radius 1 is 1.04 bits per heavy atom. The standard InChI is InChI=1S/C20H15ClFN3O3/c1-28-20(27)13-3-2-4-14(9-13)25-19(26)12-7-8-23-18(10-12)24-15-5-6-17(22)16(21)11-15/h2-11H,1H3,(H,23,24)(H,25,26). The van der Waals surface area contributed by atoms with Crippen LogP contribution in [-0.4, -0.2) is 24.0 Å². The molecule has 0 fully saturated rings.